The van der Waals surface area contributed by atoms with Crippen molar-refractivity contribution in [3.63, 3.8) is 0 Å². The molecule has 1 aromatic carbocycles. The molecule has 1 saturated heterocycles. The van der Waals surface area contributed by atoms with Crippen molar-refractivity contribution in [2.24, 2.45) is 5.92 Å². The van der Waals surface area contributed by atoms with Gasteiger partial charge in [-0.05, 0) is 30.9 Å². The molecule has 1 aromatic heterocycles. The molecule has 0 spiro atoms. The van der Waals surface area contributed by atoms with Gasteiger partial charge in [0, 0.05) is 57.0 Å². The summed E-state index contributed by atoms with van der Waals surface area (Å²) in [5, 5.41) is 0. The Labute approximate surface area is 151 Å². The number of piperidine rings is 1. The molecule has 2 fully saturated rings. The van der Waals surface area contributed by atoms with Gasteiger partial charge in [0.2, 0.25) is 0 Å². The molecule has 2 aromatic rings. The van der Waals surface area contributed by atoms with E-state index in [0.717, 1.165) is 24.7 Å². The van der Waals surface area contributed by atoms with Crippen LogP contribution in [0.2, 0.25) is 0 Å². The topological polar surface area (TPSA) is 29.0 Å². The van der Waals surface area contributed by atoms with Gasteiger partial charge >= 0.3 is 0 Å². The minimum Gasteiger partial charge on any atom is -0.373 e. The van der Waals surface area contributed by atoms with Crippen LogP contribution in [0.3, 0.4) is 0 Å². The van der Waals surface area contributed by atoms with Gasteiger partial charge in [0.15, 0.2) is 0 Å². The smallest absolute Gasteiger partial charge is 0.0148 e. The number of hydrogen-bond acceptors (Lipinski definition) is 3. The van der Waals surface area contributed by atoms with Gasteiger partial charge in [-0.2, -0.15) is 0 Å². The third-order valence-corrected chi connectivity index (χ3v) is 4.78. The van der Waals surface area contributed by atoms with Crippen LogP contribution in [0, 0.1) is 12.1 Å². The Morgan fingerprint density at radius 3 is 2.90 bits per heavy atom. The van der Waals surface area contributed by atoms with Crippen LogP contribution in [-0.4, -0.2) is 34.5 Å². The largest absolute Gasteiger partial charge is 0.373 e. The van der Waals surface area contributed by atoms with Gasteiger partial charge in [0.25, 0.3) is 0 Å². The molecule has 3 nitrogen and oxygen atoms in total. The molecule has 1 saturated carbocycles. The first-order valence-corrected chi connectivity index (χ1v) is 7.33. The molecule has 1 aliphatic carbocycles. The average molecular weight is 353 g/mol. The summed E-state index contributed by atoms with van der Waals surface area (Å²) in [4.78, 5) is 11.0. The van der Waals surface area contributed by atoms with Crippen LogP contribution in [0.5, 0.6) is 0 Å². The molecule has 21 heavy (non-hydrogen) atoms. The second kappa shape index (κ2) is 6.23. The summed E-state index contributed by atoms with van der Waals surface area (Å²) < 4.78 is 0. The second-order valence-electron chi connectivity index (χ2n) is 6.01. The van der Waals surface area contributed by atoms with Crippen LogP contribution in [-0.2, 0) is 44.5 Å². The van der Waals surface area contributed by atoms with Crippen LogP contribution in [0.15, 0.2) is 42.6 Å². The van der Waals surface area contributed by atoms with Crippen LogP contribution >= 0.6 is 0 Å². The quantitative estimate of drug-likeness (QED) is 0.789. The maximum atomic E-state index is 4.28. The van der Waals surface area contributed by atoms with E-state index < -0.39 is 0 Å². The first-order chi connectivity index (χ1) is 9.87. The number of benzene rings is 1. The van der Waals surface area contributed by atoms with E-state index in [9.17, 15) is 0 Å². The molecule has 2 aliphatic rings. The van der Waals surface area contributed by atoms with E-state index in [0.29, 0.717) is 5.41 Å². The minimum atomic E-state index is 0. The van der Waals surface area contributed by atoms with E-state index in [4.69, 9.17) is 0 Å². The minimum absolute atomic E-state index is 0. The van der Waals surface area contributed by atoms with Gasteiger partial charge in [-0.1, -0.05) is 42.7 Å². The maximum Gasteiger partial charge on any atom is 0.0148 e. The summed E-state index contributed by atoms with van der Waals surface area (Å²) in [6.45, 7) is 3.48. The van der Waals surface area contributed by atoms with Crippen LogP contribution in [0.1, 0.15) is 17.8 Å². The summed E-state index contributed by atoms with van der Waals surface area (Å²) in [7, 11) is 0. The van der Waals surface area contributed by atoms with E-state index in [1.165, 1.54) is 25.1 Å². The van der Waals surface area contributed by atoms with Gasteiger partial charge in [0.05, 0.1) is 0 Å². The van der Waals surface area contributed by atoms with Crippen molar-refractivity contribution in [2.45, 2.75) is 18.3 Å². The Morgan fingerprint density at radius 1 is 1.29 bits per heavy atom. The summed E-state index contributed by atoms with van der Waals surface area (Å²) >= 11 is 0. The molecule has 1 radical (unpaired) electrons. The number of fused-ring (bicyclic) bond motifs is 1. The van der Waals surface area contributed by atoms with Crippen LogP contribution in [0.25, 0.3) is 0 Å². The molecule has 0 amide bonds. The molecule has 1 aliphatic heterocycles. The van der Waals surface area contributed by atoms with Crippen molar-refractivity contribution in [2.75, 3.05) is 19.6 Å². The molecule has 4 heteroatoms. The number of hydrogen-bond donors (Lipinski definition) is 0. The normalized spacial score (nSPS) is 27.0. The summed E-state index contributed by atoms with van der Waals surface area (Å²) in [6, 6.07) is 12.8. The van der Waals surface area contributed by atoms with E-state index in [1.54, 1.807) is 12.3 Å². The molecular weight excluding hydrogens is 335 g/mol. The van der Waals surface area contributed by atoms with Crippen molar-refractivity contribution in [1.29, 1.82) is 0 Å². The van der Waals surface area contributed by atoms with Gasteiger partial charge in [-0.15, -0.1) is 6.07 Å². The molecular formula is C17H18N3Y-. The zero-order valence-corrected chi connectivity index (χ0v) is 14.9. The molecule has 4 rings (SSSR count). The fourth-order valence-corrected chi connectivity index (χ4v) is 3.65. The summed E-state index contributed by atoms with van der Waals surface area (Å²) in [6.07, 6.45) is 6.92. The molecule has 105 valence electrons. The Morgan fingerprint density at radius 2 is 2.14 bits per heavy atom. The molecule has 1 unspecified atom stereocenters. The summed E-state index contributed by atoms with van der Waals surface area (Å²) in [5.41, 5.74) is 1.97. The predicted molar refractivity (Wildman–Crippen MR) is 77.2 cm³/mol. The fourth-order valence-electron chi connectivity index (χ4n) is 3.65. The first-order valence-electron chi connectivity index (χ1n) is 7.33. The molecule has 2 atom stereocenters. The van der Waals surface area contributed by atoms with Gasteiger partial charge in [-0.3, -0.25) is 0 Å². The monoisotopic (exact) mass is 353 g/mol. The van der Waals surface area contributed by atoms with Crippen LogP contribution < -0.4 is 0 Å². The van der Waals surface area contributed by atoms with Crippen molar-refractivity contribution in [1.82, 2.24) is 14.9 Å². The fraction of sp³-hybridized carbons (Fsp3) is 0.412. The van der Waals surface area contributed by atoms with E-state index in [1.807, 2.05) is 0 Å². The van der Waals surface area contributed by atoms with Crippen LogP contribution in [0.4, 0.5) is 0 Å². The number of likely N-dealkylation sites (tertiary alicyclic amines) is 1. The Balaban J connectivity index is 0.00000132. The Hall–Kier alpha value is -0.636. The number of rotatable bonds is 4. The van der Waals surface area contributed by atoms with E-state index in [-0.39, 0.29) is 32.7 Å². The standard InChI is InChI=1S/C17H18N3.Y/c1-2-5-14(6-3-1)17-11-15(17)12-20(13-17)10-7-16-18-8-4-9-19-16;/h1-6,8,15H,7,10-13H2;/q-1;/t15-,17?;/m0./s1. The third kappa shape index (κ3) is 2.97. The van der Waals surface area contributed by atoms with Crippen molar-refractivity contribution < 1.29 is 32.7 Å². The zero-order chi connectivity index (χ0) is 13.4. The van der Waals surface area contributed by atoms with Gasteiger partial charge < -0.3 is 14.9 Å². The maximum absolute atomic E-state index is 4.28. The molecule has 0 bridgehead atoms. The Bertz CT molecular complexity index is 589. The van der Waals surface area contributed by atoms with Crippen molar-refractivity contribution >= 4 is 0 Å². The zero-order valence-electron chi connectivity index (χ0n) is 12.1. The Kier molecular flexibility index (Phi) is 4.53. The van der Waals surface area contributed by atoms with Gasteiger partial charge in [0.1, 0.15) is 0 Å². The average Bonchev–Trinajstić information content (AvgIpc) is 3.10. The van der Waals surface area contributed by atoms with Crippen molar-refractivity contribution in [3.8, 4) is 0 Å². The molecule has 0 N–H and O–H groups in total. The molecule has 2 heterocycles. The first kappa shape index (κ1) is 15.3. The third-order valence-electron chi connectivity index (χ3n) is 4.78. The second-order valence-corrected chi connectivity index (χ2v) is 6.01. The summed E-state index contributed by atoms with van der Waals surface area (Å²) in [5.74, 6) is 1.76. The SMILES string of the molecule is [Y].[c-]1ccnc(CCN2C[C@@H]3CC3(c3ccccc3)C2)n1. The van der Waals surface area contributed by atoms with Gasteiger partial charge in [-0.25, -0.2) is 0 Å². The van der Waals surface area contributed by atoms with E-state index >= 15 is 0 Å². The number of aromatic nitrogens is 2. The number of nitrogens with zero attached hydrogens (tertiary/aromatic N) is 3. The van der Waals surface area contributed by atoms with E-state index in [2.05, 4.69) is 51.4 Å². The predicted octanol–water partition coefficient (Wildman–Crippen LogP) is 2.09. The van der Waals surface area contributed by atoms with Crippen molar-refractivity contribution in [3.05, 3.63) is 60.2 Å².